The molecule has 1 aliphatic rings. The highest BCUT2D eigenvalue weighted by Crippen LogP contribution is 2.24. The van der Waals surface area contributed by atoms with Gasteiger partial charge in [0.15, 0.2) is 0 Å². The van der Waals surface area contributed by atoms with Crippen molar-refractivity contribution in [1.82, 2.24) is 15.3 Å². The molecule has 5 nitrogen and oxygen atoms in total. The smallest absolute Gasteiger partial charge is 0.270 e. The van der Waals surface area contributed by atoms with Crippen LogP contribution in [0.5, 0.6) is 0 Å². The van der Waals surface area contributed by atoms with Crippen molar-refractivity contribution in [3.63, 3.8) is 0 Å². The van der Waals surface area contributed by atoms with Gasteiger partial charge < -0.3 is 10.2 Å². The van der Waals surface area contributed by atoms with Gasteiger partial charge in [0, 0.05) is 25.3 Å². The third kappa shape index (κ3) is 4.69. The number of benzene rings is 1. The van der Waals surface area contributed by atoms with E-state index < -0.39 is 0 Å². The average molecular weight is 350 g/mol. The predicted molar refractivity (Wildman–Crippen MR) is 104 cm³/mol. The summed E-state index contributed by atoms with van der Waals surface area (Å²) in [5.41, 5.74) is 2.63. The standard InChI is InChI=1S/C21H26N4O/c1-3-11-22-20(26)19-14-16(2)23-21(24-19)25-12-9-18(10-13-25)15-17-7-5-4-6-8-17/h3-8,14,18H,1,9-13,15H2,2H3,(H,22,26). The molecule has 1 saturated heterocycles. The van der Waals surface area contributed by atoms with Crippen molar-refractivity contribution in [3.05, 3.63) is 66.0 Å². The molecule has 0 bridgehead atoms. The third-order valence-electron chi connectivity index (χ3n) is 4.75. The number of aryl methyl sites for hydroxylation is 1. The predicted octanol–water partition coefficient (Wildman–Crippen LogP) is 3.16. The zero-order valence-electron chi connectivity index (χ0n) is 15.3. The van der Waals surface area contributed by atoms with Gasteiger partial charge in [-0.2, -0.15) is 0 Å². The summed E-state index contributed by atoms with van der Waals surface area (Å²) in [5.74, 6) is 1.16. The van der Waals surface area contributed by atoms with Crippen molar-refractivity contribution in [1.29, 1.82) is 0 Å². The van der Waals surface area contributed by atoms with Crippen molar-refractivity contribution in [3.8, 4) is 0 Å². The highest BCUT2D eigenvalue weighted by atomic mass is 16.1. The summed E-state index contributed by atoms with van der Waals surface area (Å²) in [6.07, 6.45) is 5.01. The van der Waals surface area contributed by atoms with Gasteiger partial charge in [-0.05, 0) is 43.7 Å². The fraction of sp³-hybridized carbons (Fsp3) is 0.381. The van der Waals surface area contributed by atoms with Crippen LogP contribution in [0.1, 0.15) is 34.6 Å². The van der Waals surface area contributed by atoms with Crippen LogP contribution in [0, 0.1) is 12.8 Å². The summed E-state index contributed by atoms with van der Waals surface area (Å²) in [6.45, 7) is 7.80. The number of carbonyl (C=O) groups is 1. The molecule has 1 aromatic heterocycles. The van der Waals surface area contributed by atoms with Gasteiger partial charge in [0.25, 0.3) is 5.91 Å². The van der Waals surface area contributed by atoms with Crippen molar-refractivity contribution in [2.45, 2.75) is 26.2 Å². The normalized spacial score (nSPS) is 14.9. The zero-order chi connectivity index (χ0) is 18.4. The molecule has 0 saturated carbocycles. The molecule has 1 fully saturated rings. The Bertz CT molecular complexity index is 752. The number of anilines is 1. The Morgan fingerprint density at radius 2 is 2.00 bits per heavy atom. The summed E-state index contributed by atoms with van der Waals surface area (Å²) < 4.78 is 0. The van der Waals surface area contributed by atoms with Crippen LogP contribution in [0.3, 0.4) is 0 Å². The molecule has 0 radical (unpaired) electrons. The van der Waals surface area contributed by atoms with Gasteiger partial charge >= 0.3 is 0 Å². The highest BCUT2D eigenvalue weighted by molar-refractivity contribution is 5.92. The number of amides is 1. The van der Waals surface area contributed by atoms with Gasteiger partial charge in [-0.1, -0.05) is 36.4 Å². The van der Waals surface area contributed by atoms with E-state index in [2.05, 4.69) is 57.1 Å². The Morgan fingerprint density at radius 1 is 1.27 bits per heavy atom. The van der Waals surface area contributed by atoms with E-state index in [9.17, 15) is 4.79 Å². The van der Waals surface area contributed by atoms with Crippen molar-refractivity contribution in [2.24, 2.45) is 5.92 Å². The second-order valence-electron chi connectivity index (χ2n) is 6.81. The van der Waals surface area contributed by atoms with Crippen LogP contribution in [0.2, 0.25) is 0 Å². The molecule has 26 heavy (non-hydrogen) atoms. The van der Waals surface area contributed by atoms with Gasteiger partial charge in [-0.25, -0.2) is 9.97 Å². The SMILES string of the molecule is C=CCNC(=O)c1cc(C)nc(N2CCC(Cc3ccccc3)CC2)n1. The molecular weight excluding hydrogens is 324 g/mol. The van der Waals surface area contributed by atoms with E-state index in [1.54, 1.807) is 12.1 Å². The van der Waals surface area contributed by atoms with Gasteiger partial charge in [0.1, 0.15) is 5.69 Å². The van der Waals surface area contributed by atoms with E-state index in [0.717, 1.165) is 38.0 Å². The lowest BCUT2D eigenvalue weighted by atomic mass is 9.90. The van der Waals surface area contributed by atoms with Crippen molar-refractivity contribution in [2.75, 3.05) is 24.5 Å². The lowest BCUT2D eigenvalue weighted by molar-refractivity contribution is 0.0953. The van der Waals surface area contributed by atoms with E-state index in [1.807, 2.05) is 6.92 Å². The number of piperidine rings is 1. The molecule has 1 aromatic carbocycles. The van der Waals surface area contributed by atoms with Crippen LogP contribution in [-0.4, -0.2) is 35.5 Å². The third-order valence-corrected chi connectivity index (χ3v) is 4.75. The molecule has 2 heterocycles. The Labute approximate surface area is 155 Å². The first-order valence-corrected chi connectivity index (χ1v) is 9.19. The molecule has 2 aromatic rings. The molecule has 0 spiro atoms. The second kappa shape index (κ2) is 8.61. The summed E-state index contributed by atoms with van der Waals surface area (Å²) >= 11 is 0. The summed E-state index contributed by atoms with van der Waals surface area (Å²) in [4.78, 5) is 23.4. The lowest BCUT2D eigenvalue weighted by Crippen LogP contribution is -2.36. The van der Waals surface area contributed by atoms with E-state index in [-0.39, 0.29) is 5.91 Å². The maximum atomic E-state index is 12.2. The Morgan fingerprint density at radius 3 is 2.69 bits per heavy atom. The van der Waals surface area contributed by atoms with Gasteiger partial charge in [0.05, 0.1) is 0 Å². The average Bonchev–Trinajstić information content (AvgIpc) is 2.67. The van der Waals surface area contributed by atoms with Crippen LogP contribution < -0.4 is 10.2 Å². The Hall–Kier alpha value is -2.69. The number of hydrogen-bond donors (Lipinski definition) is 1. The molecule has 0 atom stereocenters. The fourth-order valence-electron chi connectivity index (χ4n) is 3.35. The fourth-order valence-corrected chi connectivity index (χ4v) is 3.35. The molecule has 1 N–H and O–H groups in total. The van der Waals surface area contributed by atoms with E-state index in [4.69, 9.17) is 0 Å². The van der Waals surface area contributed by atoms with Crippen LogP contribution in [-0.2, 0) is 6.42 Å². The second-order valence-corrected chi connectivity index (χ2v) is 6.81. The van der Waals surface area contributed by atoms with Crippen LogP contribution in [0.15, 0.2) is 49.1 Å². The van der Waals surface area contributed by atoms with Crippen LogP contribution in [0.4, 0.5) is 5.95 Å². The van der Waals surface area contributed by atoms with Crippen LogP contribution in [0.25, 0.3) is 0 Å². The van der Waals surface area contributed by atoms with E-state index in [1.165, 1.54) is 5.56 Å². The van der Waals surface area contributed by atoms with E-state index in [0.29, 0.717) is 24.1 Å². The molecule has 3 rings (SSSR count). The summed E-state index contributed by atoms with van der Waals surface area (Å²) in [6, 6.07) is 12.4. The van der Waals surface area contributed by atoms with Crippen LogP contribution >= 0.6 is 0 Å². The molecule has 1 amide bonds. The van der Waals surface area contributed by atoms with Gasteiger partial charge in [-0.15, -0.1) is 6.58 Å². The molecule has 0 aliphatic carbocycles. The minimum absolute atomic E-state index is 0.185. The molecule has 5 heteroatoms. The number of carbonyl (C=O) groups excluding carboxylic acids is 1. The van der Waals surface area contributed by atoms with Crippen molar-refractivity contribution >= 4 is 11.9 Å². The number of nitrogens with one attached hydrogen (secondary N) is 1. The van der Waals surface area contributed by atoms with Gasteiger partial charge in [-0.3, -0.25) is 4.79 Å². The van der Waals surface area contributed by atoms with Gasteiger partial charge in [0.2, 0.25) is 5.95 Å². The van der Waals surface area contributed by atoms with Crippen molar-refractivity contribution < 1.29 is 4.79 Å². The summed E-state index contributed by atoms with van der Waals surface area (Å²) in [5, 5.41) is 2.77. The zero-order valence-corrected chi connectivity index (χ0v) is 15.3. The Balaban J connectivity index is 1.62. The maximum absolute atomic E-state index is 12.2. The number of aromatic nitrogens is 2. The summed E-state index contributed by atoms with van der Waals surface area (Å²) in [7, 11) is 0. The number of hydrogen-bond acceptors (Lipinski definition) is 4. The molecule has 0 unspecified atom stereocenters. The Kier molecular flexibility index (Phi) is 6.00. The number of rotatable bonds is 6. The quantitative estimate of drug-likeness (QED) is 0.813. The highest BCUT2D eigenvalue weighted by Gasteiger charge is 2.22. The first-order chi connectivity index (χ1) is 12.7. The topological polar surface area (TPSA) is 58.1 Å². The first-order valence-electron chi connectivity index (χ1n) is 9.19. The molecular formula is C21H26N4O. The minimum Gasteiger partial charge on any atom is -0.347 e. The molecule has 1 aliphatic heterocycles. The minimum atomic E-state index is -0.185. The lowest BCUT2D eigenvalue weighted by Gasteiger charge is -2.32. The first kappa shape index (κ1) is 18.1. The number of nitrogens with zero attached hydrogens (tertiary/aromatic N) is 3. The molecule has 136 valence electrons. The largest absolute Gasteiger partial charge is 0.347 e. The van der Waals surface area contributed by atoms with E-state index >= 15 is 0 Å². The monoisotopic (exact) mass is 350 g/mol. The maximum Gasteiger partial charge on any atom is 0.270 e.